The van der Waals surface area contributed by atoms with Crippen LogP contribution in [0.2, 0.25) is 4.34 Å². The predicted octanol–water partition coefficient (Wildman–Crippen LogP) is -0.184. The molecule has 0 spiro atoms. The van der Waals surface area contributed by atoms with Crippen LogP contribution in [0.15, 0.2) is 28.1 Å². The molecular weight excluding hydrogens is 546 g/mol. The Kier molecular flexibility index (Phi) is 6.87. The zero-order valence-electron chi connectivity index (χ0n) is 19.1. The number of rotatable bonds is 6. The third-order valence-electron chi connectivity index (χ3n) is 6.61. The number of carbonyl (C=O) groups is 4. The van der Waals surface area contributed by atoms with E-state index in [0.717, 1.165) is 35.7 Å². The van der Waals surface area contributed by atoms with Crippen molar-refractivity contribution in [2.75, 3.05) is 31.1 Å². The second kappa shape index (κ2) is 9.96. The van der Waals surface area contributed by atoms with Gasteiger partial charge in [0, 0.05) is 30.5 Å². The summed E-state index contributed by atoms with van der Waals surface area (Å²) in [6.45, 7) is 2.16. The van der Waals surface area contributed by atoms with Gasteiger partial charge in [-0.3, -0.25) is 19.3 Å². The number of carbonyl (C=O) groups excluding carboxylic acids is 3. The Labute approximate surface area is 223 Å². The van der Waals surface area contributed by atoms with Gasteiger partial charge in [0.1, 0.15) is 27.1 Å². The highest BCUT2D eigenvalue weighted by Crippen LogP contribution is 2.41. The van der Waals surface area contributed by atoms with Crippen molar-refractivity contribution < 1.29 is 29.5 Å². The molecule has 0 radical (unpaired) electrons. The van der Waals surface area contributed by atoms with Crippen LogP contribution >= 0.6 is 34.7 Å². The normalized spacial score (nSPS) is 27.1. The number of fused-ring (bicyclic) bond motifs is 1. The minimum Gasteiger partial charge on any atom is -0.477 e. The van der Waals surface area contributed by atoms with Gasteiger partial charge >= 0.3 is 5.97 Å². The number of amides is 3. The van der Waals surface area contributed by atoms with E-state index in [9.17, 15) is 29.5 Å². The summed E-state index contributed by atoms with van der Waals surface area (Å²) in [5.74, 6) is -2.76. The Morgan fingerprint density at radius 2 is 2.14 bits per heavy atom. The maximum absolute atomic E-state index is 13.0. The fourth-order valence-corrected chi connectivity index (χ4v) is 7.09. The number of nitrogens with two attached hydrogens (primary N) is 1. The van der Waals surface area contributed by atoms with Crippen LogP contribution in [0.4, 0.5) is 5.13 Å². The summed E-state index contributed by atoms with van der Waals surface area (Å²) < 4.78 is 0.0343. The second-order valence-electron chi connectivity index (χ2n) is 8.73. The fraction of sp³-hybridized carbons (Fsp3) is 0.429. The highest BCUT2D eigenvalue weighted by molar-refractivity contribution is 8.00. The van der Waals surface area contributed by atoms with Crippen molar-refractivity contribution >= 4 is 69.2 Å². The van der Waals surface area contributed by atoms with Crippen LogP contribution in [0, 0.1) is 0 Å². The van der Waals surface area contributed by atoms with E-state index in [4.69, 9.17) is 17.3 Å². The van der Waals surface area contributed by atoms with Crippen molar-refractivity contribution in [2.24, 2.45) is 5.16 Å². The van der Waals surface area contributed by atoms with Crippen LogP contribution in [0.1, 0.15) is 18.5 Å². The van der Waals surface area contributed by atoms with Gasteiger partial charge in [0.25, 0.3) is 11.8 Å². The number of thioether (sulfide) groups is 1. The Morgan fingerprint density at radius 1 is 1.35 bits per heavy atom. The molecule has 5 heterocycles. The summed E-state index contributed by atoms with van der Waals surface area (Å²) in [5.41, 5.74) is 5.59. The van der Waals surface area contributed by atoms with Crippen LogP contribution in [0.25, 0.3) is 0 Å². The number of oxime groups is 1. The highest BCUT2D eigenvalue weighted by Gasteiger charge is 2.54. The van der Waals surface area contributed by atoms with Crippen molar-refractivity contribution in [3.05, 3.63) is 32.9 Å². The molecule has 0 saturated carbocycles. The summed E-state index contributed by atoms with van der Waals surface area (Å²) >= 11 is 8.14. The summed E-state index contributed by atoms with van der Waals surface area (Å²) in [5, 5.41) is 27.3. The molecule has 3 atom stereocenters. The van der Waals surface area contributed by atoms with Gasteiger partial charge in [-0.1, -0.05) is 28.1 Å². The topological polar surface area (TPSA) is 191 Å². The molecule has 16 heteroatoms. The summed E-state index contributed by atoms with van der Waals surface area (Å²) in [4.78, 5) is 57.6. The first-order valence-corrected chi connectivity index (χ1v) is 13.5. The first-order valence-electron chi connectivity index (χ1n) is 11.3. The van der Waals surface area contributed by atoms with E-state index in [0.29, 0.717) is 24.1 Å². The van der Waals surface area contributed by atoms with Gasteiger partial charge in [-0.25, -0.2) is 9.78 Å². The van der Waals surface area contributed by atoms with E-state index >= 15 is 0 Å². The number of hydrogen-bond donors (Lipinski definition) is 5. The SMILES string of the molecule is Nc1nc(C(=NO)C(=O)N[C@@H]2C(=O)N3C(C(=O)O)=C(C=C4CCN([C@@H]5CCNC5)C4=O)CS[C@H]23)c(Cl)s1. The monoisotopic (exact) mass is 567 g/mol. The van der Waals surface area contributed by atoms with Gasteiger partial charge in [-0.05, 0) is 31.0 Å². The third-order valence-corrected chi connectivity index (χ3v) is 9.00. The average Bonchev–Trinajstić information content (AvgIpc) is 3.59. The Bertz CT molecular complexity index is 1290. The molecule has 6 N–H and O–H groups in total. The van der Waals surface area contributed by atoms with Crippen LogP contribution in [-0.4, -0.2) is 97.3 Å². The number of carboxylic acids is 1. The Balaban J connectivity index is 1.34. The predicted molar refractivity (Wildman–Crippen MR) is 135 cm³/mol. The van der Waals surface area contributed by atoms with Gasteiger partial charge < -0.3 is 31.6 Å². The van der Waals surface area contributed by atoms with Crippen LogP contribution < -0.4 is 16.4 Å². The number of aromatic nitrogens is 1. The molecule has 0 unspecified atom stereocenters. The van der Waals surface area contributed by atoms with Crippen LogP contribution in [-0.2, 0) is 19.2 Å². The molecule has 1 aromatic heterocycles. The highest BCUT2D eigenvalue weighted by atomic mass is 35.5. The van der Waals surface area contributed by atoms with Gasteiger partial charge in [-0.2, -0.15) is 0 Å². The smallest absolute Gasteiger partial charge is 0.352 e. The molecule has 3 amide bonds. The lowest BCUT2D eigenvalue weighted by molar-refractivity contribution is -0.150. The number of nitrogens with one attached hydrogen (secondary N) is 2. The van der Waals surface area contributed by atoms with Crippen molar-refractivity contribution in [1.29, 1.82) is 0 Å². The lowest BCUT2D eigenvalue weighted by atomic mass is 10.0. The summed E-state index contributed by atoms with van der Waals surface area (Å²) in [7, 11) is 0. The van der Waals surface area contributed by atoms with Crippen molar-refractivity contribution in [2.45, 2.75) is 30.3 Å². The number of aliphatic carboxylic acids is 1. The first kappa shape index (κ1) is 25.5. The minimum atomic E-state index is -1.31. The Hall–Kier alpha value is -3.14. The third kappa shape index (κ3) is 4.45. The molecule has 3 fully saturated rings. The van der Waals surface area contributed by atoms with Crippen molar-refractivity contribution in [3.63, 3.8) is 0 Å². The lowest BCUT2D eigenvalue weighted by Crippen LogP contribution is -2.71. The zero-order valence-corrected chi connectivity index (χ0v) is 21.5. The molecule has 0 bridgehead atoms. The quantitative estimate of drug-likeness (QED) is 0.101. The largest absolute Gasteiger partial charge is 0.477 e. The number of nitrogen functional groups attached to an aromatic ring is 1. The molecule has 3 saturated heterocycles. The number of halogens is 1. The summed E-state index contributed by atoms with van der Waals surface area (Å²) in [6, 6.07) is -0.938. The number of carboxylic acid groups (broad SMARTS) is 1. The van der Waals surface area contributed by atoms with Crippen LogP contribution in [0.3, 0.4) is 0 Å². The second-order valence-corrected chi connectivity index (χ2v) is 11.5. The maximum atomic E-state index is 13.0. The van der Waals surface area contributed by atoms with Gasteiger partial charge in [0.2, 0.25) is 5.91 Å². The van der Waals surface area contributed by atoms with E-state index in [1.54, 1.807) is 6.08 Å². The molecule has 37 heavy (non-hydrogen) atoms. The lowest BCUT2D eigenvalue weighted by Gasteiger charge is -2.49. The van der Waals surface area contributed by atoms with E-state index in [1.165, 1.54) is 11.8 Å². The van der Waals surface area contributed by atoms with Gasteiger partial charge in [-0.15, -0.1) is 11.8 Å². The number of likely N-dealkylation sites (tertiary alicyclic amines) is 1. The van der Waals surface area contributed by atoms with E-state index in [-0.39, 0.29) is 38.6 Å². The number of nitrogens with zero attached hydrogens (tertiary/aromatic N) is 4. The van der Waals surface area contributed by atoms with E-state index in [2.05, 4.69) is 20.8 Å². The number of anilines is 1. The molecular formula is C21H22ClN7O6S2. The van der Waals surface area contributed by atoms with Crippen molar-refractivity contribution in [1.82, 2.24) is 25.4 Å². The van der Waals surface area contributed by atoms with E-state index in [1.807, 2.05) is 4.90 Å². The number of hydrogen-bond acceptors (Lipinski definition) is 11. The average molecular weight is 568 g/mol. The number of allylic oxidation sites excluding steroid dienone is 1. The molecule has 196 valence electrons. The molecule has 4 aliphatic rings. The van der Waals surface area contributed by atoms with Crippen LogP contribution in [0.5, 0.6) is 0 Å². The first-order chi connectivity index (χ1) is 17.7. The van der Waals surface area contributed by atoms with Crippen molar-refractivity contribution in [3.8, 4) is 0 Å². The molecule has 0 aliphatic carbocycles. The maximum Gasteiger partial charge on any atom is 0.352 e. The fourth-order valence-electron chi connectivity index (χ4n) is 4.86. The zero-order chi connectivity index (χ0) is 26.4. The van der Waals surface area contributed by atoms with Gasteiger partial charge in [0.05, 0.1) is 0 Å². The molecule has 4 aliphatic heterocycles. The molecule has 13 nitrogen and oxygen atoms in total. The number of thiazole rings is 1. The Morgan fingerprint density at radius 3 is 2.76 bits per heavy atom. The van der Waals surface area contributed by atoms with E-state index < -0.39 is 34.9 Å². The number of β-lactam (4-membered cyclic amide) rings is 1. The van der Waals surface area contributed by atoms with Gasteiger partial charge in [0.15, 0.2) is 10.8 Å². The minimum absolute atomic E-state index is 0.0343. The standard InChI is InChI=1S/C21H22ClN7O6S2/c22-15-11(26-21(23)37-15)12(27-35)16(30)25-13-18(32)29-14(20(33)34)9(7-36-19(13)29)5-8-2-4-28(17(8)31)10-1-3-24-6-10/h5,10,13,19,24,35H,1-4,6-7H2,(H2,23,26)(H,25,30)(H,33,34)/t10-,13-,19-/m1/s1. The molecule has 1 aromatic rings. The molecule has 0 aromatic carbocycles. The molecule has 5 rings (SSSR count). The summed E-state index contributed by atoms with van der Waals surface area (Å²) in [6.07, 6.45) is 2.96.